The molecule has 2 N–H and O–H groups in total. The lowest BCUT2D eigenvalue weighted by Gasteiger charge is -2.43. The van der Waals surface area contributed by atoms with Crippen LogP contribution in [-0.2, 0) is 4.74 Å². The molecular formula is C11H24N2O. The van der Waals surface area contributed by atoms with Gasteiger partial charge in [-0.25, -0.2) is 0 Å². The number of rotatable bonds is 2. The van der Waals surface area contributed by atoms with Gasteiger partial charge in [0.1, 0.15) is 0 Å². The van der Waals surface area contributed by atoms with Crippen molar-refractivity contribution >= 4 is 0 Å². The van der Waals surface area contributed by atoms with Gasteiger partial charge < -0.3 is 10.5 Å². The third-order valence-corrected chi connectivity index (χ3v) is 2.27. The summed E-state index contributed by atoms with van der Waals surface area (Å²) in [6.07, 6.45) is 0.307. The summed E-state index contributed by atoms with van der Waals surface area (Å²) >= 11 is 0. The van der Waals surface area contributed by atoms with Gasteiger partial charge in [0.15, 0.2) is 0 Å². The quantitative estimate of drug-likeness (QED) is 0.728. The van der Waals surface area contributed by atoms with Gasteiger partial charge in [-0.3, -0.25) is 4.90 Å². The molecule has 0 radical (unpaired) electrons. The maximum absolute atomic E-state index is 6.02. The van der Waals surface area contributed by atoms with Crippen LogP contribution in [-0.4, -0.2) is 41.8 Å². The molecule has 0 aromatic carbocycles. The SMILES string of the molecule is CC1CN(CC(C)(C)N)CC(C)(C)O1. The van der Waals surface area contributed by atoms with Crippen molar-refractivity contribution in [1.29, 1.82) is 0 Å². The van der Waals surface area contributed by atoms with Crippen molar-refractivity contribution in [3.63, 3.8) is 0 Å². The summed E-state index contributed by atoms with van der Waals surface area (Å²) in [6, 6.07) is 0. The Bertz CT molecular complexity index is 194. The number of morpholine rings is 1. The van der Waals surface area contributed by atoms with E-state index in [0.717, 1.165) is 19.6 Å². The summed E-state index contributed by atoms with van der Waals surface area (Å²) in [5.41, 5.74) is 5.86. The van der Waals surface area contributed by atoms with Crippen molar-refractivity contribution < 1.29 is 4.74 Å². The Morgan fingerprint density at radius 2 is 2.07 bits per heavy atom. The van der Waals surface area contributed by atoms with Crippen LogP contribution in [0, 0.1) is 0 Å². The van der Waals surface area contributed by atoms with Gasteiger partial charge in [-0.2, -0.15) is 0 Å². The van der Waals surface area contributed by atoms with Gasteiger partial charge in [0.05, 0.1) is 11.7 Å². The standard InChI is InChI=1S/C11H24N2O/c1-9-6-13(7-10(2,3)12)8-11(4,5)14-9/h9H,6-8,12H2,1-5H3. The minimum atomic E-state index is -0.118. The molecule has 1 heterocycles. The predicted octanol–water partition coefficient (Wildman–Crippen LogP) is 1.22. The van der Waals surface area contributed by atoms with Gasteiger partial charge in [0.2, 0.25) is 0 Å². The fraction of sp³-hybridized carbons (Fsp3) is 1.00. The lowest BCUT2D eigenvalue weighted by Crippen LogP contribution is -2.56. The molecule has 0 bridgehead atoms. The molecule has 1 unspecified atom stereocenters. The highest BCUT2D eigenvalue weighted by Crippen LogP contribution is 2.21. The minimum absolute atomic E-state index is 0.0388. The van der Waals surface area contributed by atoms with Crippen LogP contribution in [0.4, 0.5) is 0 Å². The molecule has 1 saturated heterocycles. The molecule has 1 fully saturated rings. The molecule has 1 atom stereocenters. The average Bonchev–Trinajstić information content (AvgIpc) is 1.74. The number of ether oxygens (including phenoxy) is 1. The van der Waals surface area contributed by atoms with Crippen molar-refractivity contribution in [3.8, 4) is 0 Å². The second-order valence-corrected chi connectivity index (χ2v) is 5.85. The van der Waals surface area contributed by atoms with E-state index in [-0.39, 0.29) is 11.1 Å². The van der Waals surface area contributed by atoms with Crippen LogP contribution >= 0.6 is 0 Å². The molecular weight excluding hydrogens is 176 g/mol. The molecule has 0 saturated carbocycles. The maximum atomic E-state index is 6.02. The average molecular weight is 200 g/mol. The zero-order valence-electron chi connectivity index (χ0n) is 10.1. The highest BCUT2D eigenvalue weighted by molar-refractivity contribution is 4.86. The summed E-state index contributed by atoms with van der Waals surface area (Å²) in [4.78, 5) is 2.40. The number of nitrogens with zero attached hydrogens (tertiary/aromatic N) is 1. The first-order chi connectivity index (χ1) is 6.18. The second kappa shape index (κ2) is 3.80. The first kappa shape index (κ1) is 12.0. The number of nitrogens with two attached hydrogens (primary N) is 1. The van der Waals surface area contributed by atoms with Crippen LogP contribution in [0.5, 0.6) is 0 Å². The molecule has 1 rings (SSSR count). The predicted molar refractivity (Wildman–Crippen MR) is 59.3 cm³/mol. The first-order valence-corrected chi connectivity index (χ1v) is 5.37. The third kappa shape index (κ3) is 3.95. The van der Waals surface area contributed by atoms with E-state index in [1.165, 1.54) is 0 Å². The molecule has 3 heteroatoms. The van der Waals surface area contributed by atoms with Gasteiger partial charge in [-0.1, -0.05) is 0 Å². The van der Waals surface area contributed by atoms with Gasteiger partial charge in [-0.05, 0) is 34.6 Å². The van der Waals surface area contributed by atoms with Crippen molar-refractivity contribution in [2.75, 3.05) is 19.6 Å². The van der Waals surface area contributed by atoms with Gasteiger partial charge in [-0.15, -0.1) is 0 Å². The van der Waals surface area contributed by atoms with Crippen LogP contribution in [0.15, 0.2) is 0 Å². The van der Waals surface area contributed by atoms with Crippen LogP contribution in [0.2, 0.25) is 0 Å². The van der Waals surface area contributed by atoms with Crippen LogP contribution in [0.3, 0.4) is 0 Å². The van der Waals surface area contributed by atoms with E-state index in [0.29, 0.717) is 6.10 Å². The van der Waals surface area contributed by atoms with Crippen molar-refractivity contribution in [2.24, 2.45) is 5.73 Å². The fourth-order valence-corrected chi connectivity index (χ4v) is 2.28. The Labute approximate surface area is 87.6 Å². The third-order valence-electron chi connectivity index (χ3n) is 2.27. The second-order valence-electron chi connectivity index (χ2n) is 5.85. The summed E-state index contributed by atoms with van der Waals surface area (Å²) in [7, 11) is 0. The smallest absolute Gasteiger partial charge is 0.0757 e. The molecule has 0 amide bonds. The van der Waals surface area contributed by atoms with Crippen molar-refractivity contribution in [1.82, 2.24) is 4.90 Å². The number of hydrogen-bond donors (Lipinski definition) is 1. The summed E-state index contributed by atoms with van der Waals surface area (Å²) in [6.45, 7) is 13.4. The fourth-order valence-electron chi connectivity index (χ4n) is 2.28. The first-order valence-electron chi connectivity index (χ1n) is 5.37. The van der Waals surface area contributed by atoms with E-state index in [2.05, 4.69) is 39.5 Å². The largest absolute Gasteiger partial charge is 0.370 e. The molecule has 14 heavy (non-hydrogen) atoms. The van der Waals surface area contributed by atoms with E-state index < -0.39 is 0 Å². The van der Waals surface area contributed by atoms with E-state index in [9.17, 15) is 0 Å². The Morgan fingerprint density at radius 1 is 1.50 bits per heavy atom. The minimum Gasteiger partial charge on any atom is -0.370 e. The molecule has 1 aliphatic heterocycles. The van der Waals surface area contributed by atoms with Crippen LogP contribution in [0.25, 0.3) is 0 Å². The Morgan fingerprint density at radius 3 is 2.50 bits per heavy atom. The maximum Gasteiger partial charge on any atom is 0.0757 e. The molecule has 0 aromatic rings. The van der Waals surface area contributed by atoms with E-state index in [1.807, 2.05) is 0 Å². The summed E-state index contributed by atoms with van der Waals surface area (Å²) in [5, 5.41) is 0. The Kier molecular flexibility index (Phi) is 3.24. The van der Waals surface area contributed by atoms with E-state index in [1.54, 1.807) is 0 Å². The topological polar surface area (TPSA) is 38.5 Å². The summed E-state index contributed by atoms with van der Waals surface area (Å²) < 4.78 is 5.84. The lowest BCUT2D eigenvalue weighted by atomic mass is 10.0. The van der Waals surface area contributed by atoms with E-state index >= 15 is 0 Å². The highest BCUT2D eigenvalue weighted by Gasteiger charge is 2.32. The van der Waals surface area contributed by atoms with E-state index in [4.69, 9.17) is 10.5 Å². The molecule has 0 aromatic heterocycles. The zero-order chi connectivity index (χ0) is 11.0. The number of hydrogen-bond acceptors (Lipinski definition) is 3. The Balaban J connectivity index is 2.54. The molecule has 0 aliphatic carbocycles. The monoisotopic (exact) mass is 200 g/mol. The molecule has 3 nitrogen and oxygen atoms in total. The molecule has 84 valence electrons. The zero-order valence-corrected chi connectivity index (χ0v) is 10.1. The summed E-state index contributed by atoms with van der Waals surface area (Å²) in [5.74, 6) is 0. The van der Waals surface area contributed by atoms with Crippen molar-refractivity contribution in [2.45, 2.75) is 51.9 Å². The van der Waals surface area contributed by atoms with Crippen molar-refractivity contribution in [3.05, 3.63) is 0 Å². The lowest BCUT2D eigenvalue weighted by molar-refractivity contribution is -0.131. The van der Waals surface area contributed by atoms with Crippen LogP contribution < -0.4 is 5.73 Å². The Hall–Kier alpha value is -0.120. The van der Waals surface area contributed by atoms with Crippen LogP contribution in [0.1, 0.15) is 34.6 Å². The molecule has 0 spiro atoms. The van der Waals surface area contributed by atoms with Gasteiger partial charge in [0.25, 0.3) is 0 Å². The molecule has 1 aliphatic rings. The normalized spacial score (nSPS) is 29.1. The highest BCUT2D eigenvalue weighted by atomic mass is 16.5. The van der Waals surface area contributed by atoms with Gasteiger partial charge in [0, 0.05) is 25.2 Å². The van der Waals surface area contributed by atoms with Gasteiger partial charge >= 0.3 is 0 Å².